The summed E-state index contributed by atoms with van der Waals surface area (Å²) in [5.74, 6) is 0.0532. The van der Waals surface area contributed by atoms with Crippen molar-refractivity contribution in [2.24, 2.45) is 5.41 Å². The first-order valence-corrected chi connectivity index (χ1v) is 27.9. The Bertz CT molecular complexity index is 2760. The zero-order valence-corrected chi connectivity index (χ0v) is 45.6. The molecular formula is C58H76N10O7S. The van der Waals surface area contributed by atoms with Gasteiger partial charge < -0.3 is 50.9 Å². The summed E-state index contributed by atoms with van der Waals surface area (Å²) in [5, 5.41) is 35.3. The molecule has 0 saturated carbocycles. The van der Waals surface area contributed by atoms with Crippen LogP contribution < -0.4 is 30.9 Å². The number of nitrogen functional groups attached to an aromatic ring is 1. The number of likely N-dealkylation sites (tertiary alicyclic amines) is 1. The minimum absolute atomic E-state index is 0.0186. The van der Waals surface area contributed by atoms with Gasteiger partial charge in [-0.15, -0.1) is 21.5 Å². The molecule has 0 aliphatic carbocycles. The molecule has 3 aliphatic heterocycles. The van der Waals surface area contributed by atoms with Crippen LogP contribution >= 0.6 is 11.3 Å². The topological polar surface area (TPSA) is 220 Å². The third-order valence-electron chi connectivity index (χ3n) is 15.0. The predicted octanol–water partition coefficient (Wildman–Crippen LogP) is 8.05. The number of amides is 4. The number of aromatic nitrogens is 3. The van der Waals surface area contributed by atoms with Crippen molar-refractivity contribution < 1.29 is 34.1 Å². The zero-order chi connectivity index (χ0) is 53.9. The lowest BCUT2D eigenvalue weighted by Crippen LogP contribution is -2.57. The summed E-state index contributed by atoms with van der Waals surface area (Å²) in [6.07, 6.45) is 7.07. The van der Waals surface area contributed by atoms with Crippen LogP contribution in [-0.2, 0) is 19.2 Å². The minimum atomic E-state index is -0.873. The molecule has 5 atom stereocenters. The zero-order valence-electron chi connectivity index (χ0n) is 44.7. The first-order valence-electron chi connectivity index (χ1n) is 27.1. The average molecular weight is 1060 g/mol. The van der Waals surface area contributed by atoms with E-state index in [4.69, 9.17) is 10.5 Å². The molecule has 5 aromatic rings. The predicted molar refractivity (Wildman–Crippen MR) is 298 cm³/mol. The molecule has 8 rings (SSSR count). The van der Waals surface area contributed by atoms with E-state index in [-0.39, 0.29) is 66.7 Å². The number of nitrogens with one attached hydrogen (secondary N) is 2. The number of piperidine rings is 1. The van der Waals surface area contributed by atoms with Gasteiger partial charge in [-0.25, -0.2) is 4.98 Å². The number of hydrogen-bond donors (Lipinski definition) is 5. The Hall–Kier alpha value is -6.79. The SMILES string of the molecule is Cc1ncsc1-c1ccc(C(C)NC(=O)[C@@H]2C[C@@H](O)CN2C(=O)C(NC(=O)CCCCCCCCC(=O)N2CCN(c3ccc(N4CCCC(Oc5cc(-c6ccccc6O)nnc5N)C4)cc3)CC2)C(C)(C)C)cc1. The van der Waals surface area contributed by atoms with Crippen molar-refractivity contribution in [2.45, 2.75) is 136 Å². The van der Waals surface area contributed by atoms with E-state index in [1.807, 2.05) is 75.4 Å². The van der Waals surface area contributed by atoms with Crippen LogP contribution in [0.15, 0.2) is 84.4 Å². The lowest BCUT2D eigenvalue weighted by Gasteiger charge is -2.37. The number of carbonyl (C=O) groups excluding carboxylic acids is 4. The van der Waals surface area contributed by atoms with E-state index < -0.39 is 23.6 Å². The standard InChI is InChI=1S/C58H76N10O7S/c1-38(40-20-22-41(23-21-40)53-39(2)60-37-76-53)61-56(73)48-33-44(69)35-68(48)57(74)54(58(3,4)5)62-51(71)18-10-8-6-7-9-11-19-52(72)66-31-29-65(30-32-66)42-24-26-43(27-25-42)67-28-14-15-45(36-67)75-50-34-47(63-64-55(50)59)46-16-12-13-17-49(46)70/h12-13,16-17,20-27,34,37-38,44-45,48,54,69-70H,6-11,14-15,18-19,28-33,35-36H2,1-5H3,(H2,59,64)(H,61,73)(H,62,71)/t38?,44-,45?,48+,54?/m1/s1. The number of phenols is 1. The Morgan fingerprint density at radius 1 is 0.829 bits per heavy atom. The van der Waals surface area contributed by atoms with Crippen LogP contribution in [0.5, 0.6) is 11.5 Å². The van der Waals surface area contributed by atoms with Crippen molar-refractivity contribution in [3.8, 4) is 33.2 Å². The average Bonchev–Trinajstić information content (AvgIpc) is 4.06. The summed E-state index contributed by atoms with van der Waals surface area (Å²) in [5.41, 5.74) is 13.6. The fraction of sp³-hybridized carbons (Fsp3) is 0.500. The molecule has 0 radical (unpaired) electrons. The minimum Gasteiger partial charge on any atom is -0.507 e. The number of hydrogen-bond acceptors (Lipinski definition) is 14. The number of benzene rings is 3. The van der Waals surface area contributed by atoms with Gasteiger partial charge >= 0.3 is 0 Å². The number of aliphatic hydroxyl groups excluding tert-OH is 1. The number of para-hydroxylation sites is 1. The van der Waals surface area contributed by atoms with Gasteiger partial charge in [0.25, 0.3) is 0 Å². The number of piperazine rings is 1. The molecule has 0 spiro atoms. The summed E-state index contributed by atoms with van der Waals surface area (Å²) >= 11 is 1.58. The number of nitrogens with zero attached hydrogens (tertiary/aromatic N) is 7. The molecule has 3 saturated heterocycles. The van der Waals surface area contributed by atoms with Gasteiger partial charge in [0, 0.05) is 81.5 Å². The highest BCUT2D eigenvalue weighted by Gasteiger charge is 2.44. The summed E-state index contributed by atoms with van der Waals surface area (Å²) in [6, 6.07) is 23.3. The summed E-state index contributed by atoms with van der Waals surface area (Å²) < 4.78 is 6.38. The number of aryl methyl sites for hydroxylation is 1. The maximum atomic E-state index is 14.1. The number of aromatic hydroxyl groups is 1. The number of β-amino-alcohol motifs (C(OH)–C–C–N with tert-alkyl or cyclic N) is 1. The lowest BCUT2D eigenvalue weighted by atomic mass is 9.85. The van der Waals surface area contributed by atoms with Gasteiger partial charge in [0.1, 0.15) is 29.6 Å². The molecule has 17 nitrogen and oxygen atoms in total. The number of aliphatic hydroxyl groups is 1. The van der Waals surface area contributed by atoms with Crippen molar-refractivity contribution >= 4 is 52.2 Å². The number of ether oxygens (including phenoxy) is 1. The van der Waals surface area contributed by atoms with Crippen molar-refractivity contribution in [3.05, 3.63) is 95.6 Å². The van der Waals surface area contributed by atoms with Gasteiger partial charge in [-0.3, -0.25) is 19.2 Å². The first-order chi connectivity index (χ1) is 36.5. The maximum Gasteiger partial charge on any atom is 0.246 e. The molecule has 4 amide bonds. The number of anilines is 3. The fourth-order valence-electron chi connectivity index (χ4n) is 10.5. The van der Waals surface area contributed by atoms with Crippen molar-refractivity contribution in [3.63, 3.8) is 0 Å². The number of thiazole rings is 1. The third-order valence-corrected chi connectivity index (χ3v) is 15.9. The molecule has 6 N–H and O–H groups in total. The third kappa shape index (κ3) is 14.2. The first kappa shape index (κ1) is 55.4. The maximum absolute atomic E-state index is 14.1. The fourth-order valence-corrected chi connectivity index (χ4v) is 11.3. The van der Waals surface area contributed by atoms with Crippen LogP contribution in [0, 0.1) is 12.3 Å². The Kier molecular flexibility index (Phi) is 18.5. The second kappa shape index (κ2) is 25.4. The van der Waals surface area contributed by atoms with Gasteiger partial charge in [0.2, 0.25) is 23.6 Å². The normalized spacial score (nSPS) is 18.8. The van der Waals surface area contributed by atoms with Crippen molar-refractivity contribution in [1.82, 2.24) is 35.6 Å². The Balaban J connectivity index is 0.701. The monoisotopic (exact) mass is 1060 g/mol. The number of carbonyl (C=O) groups is 4. The summed E-state index contributed by atoms with van der Waals surface area (Å²) in [7, 11) is 0. The summed E-state index contributed by atoms with van der Waals surface area (Å²) in [6.45, 7) is 14.1. The molecule has 3 aliphatic rings. The number of phenolic OH excluding ortho intramolecular Hbond substituents is 1. The van der Waals surface area contributed by atoms with Gasteiger partial charge in [-0.2, -0.15) is 0 Å². The molecule has 5 heterocycles. The molecule has 3 unspecified atom stereocenters. The van der Waals surface area contributed by atoms with Crippen LogP contribution in [0.25, 0.3) is 21.7 Å². The molecule has 406 valence electrons. The van der Waals surface area contributed by atoms with E-state index in [0.717, 1.165) is 97.7 Å². The van der Waals surface area contributed by atoms with Gasteiger partial charge in [-0.05, 0) is 92.5 Å². The molecule has 18 heteroatoms. The van der Waals surface area contributed by atoms with Crippen LogP contribution in [0.2, 0.25) is 0 Å². The Labute approximate surface area is 451 Å². The van der Waals surface area contributed by atoms with Crippen molar-refractivity contribution in [2.75, 3.05) is 61.3 Å². The van der Waals surface area contributed by atoms with Gasteiger partial charge in [0.05, 0.1) is 34.8 Å². The Morgan fingerprint density at radius 3 is 2.17 bits per heavy atom. The molecule has 2 aromatic heterocycles. The molecule has 3 fully saturated rings. The molecule has 76 heavy (non-hydrogen) atoms. The second-order valence-electron chi connectivity index (χ2n) is 21.7. The second-order valence-corrected chi connectivity index (χ2v) is 22.6. The van der Waals surface area contributed by atoms with E-state index >= 15 is 0 Å². The summed E-state index contributed by atoms with van der Waals surface area (Å²) in [4.78, 5) is 67.8. The van der Waals surface area contributed by atoms with E-state index in [0.29, 0.717) is 49.5 Å². The number of unbranched alkanes of at least 4 members (excludes halogenated alkanes) is 5. The van der Waals surface area contributed by atoms with Crippen LogP contribution in [0.4, 0.5) is 17.2 Å². The van der Waals surface area contributed by atoms with Crippen molar-refractivity contribution in [1.29, 1.82) is 0 Å². The lowest BCUT2D eigenvalue weighted by molar-refractivity contribution is -0.144. The van der Waals surface area contributed by atoms with E-state index in [2.05, 4.69) is 59.9 Å². The Morgan fingerprint density at radius 2 is 1.50 bits per heavy atom. The van der Waals surface area contributed by atoms with Crippen LogP contribution in [0.1, 0.15) is 116 Å². The smallest absolute Gasteiger partial charge is 0.246 e. The van der Waals surface area contributed by atoms with Gasteiger partial charge in [0.15, 0.2) is 11.6 Å². The molecule has 0 bridgehead atoms. The largest absolute Gasteiger partial charge is 0.507 e. The van der Waals surface area contributed by atoms with Gasteiger partial charge in [-0.1, -0.05) is 82.9 Å². The van der Waals surface area contributed by atoms with Crippen LogP contribution in [-0.4, -0.2) is 129 Å². The quantitative estimate of drug-likeness (QED) is 0.0467. The van der Waals surface area contributed by atoms with Crippen LogP contribution in [0.3, 0.4) is 0 Å². The number of nitrogens with two attached hydrogens (primary N) is 1. The van der Waals surface area contributed by atoms with E-state index in [1.54, 1.807) is 35.6 Å². The molecular weight excluding hydrogens is 981 g/mol. The highest BCUT2D eigenvalue weighted by molar-refractivity contribution is 7.13. The molecule has 3 aromatic carbocycles. The highest BCUT2D eigenvalue weighted by Crippen LogP contribution is 2.34. The number of rotatable bonds is 20. The van der Waals surface area contributed by atoms with E-state index in [1.165, 1.54) is 4.90 Å². The van der Waals surface area contributed by atoms with E-state index in [9.17, 15) is 29.4 Å². The highest BCUT2D eigenvalue weighted by atomic mass is 32.1.